The van der Waals surface area contributed by atoms with Crippen LogP contribution in [0.15, 0.2) is 60.7 Å². The summed E-state index contributed by atoms with van der Waals surface area (Å²) < 4.78 is 2.05. The summed E-state index contributed by atoms with van der Waals surface area (Å²) in [6, 6.07) is 20.6. The van der Waals surface area contributed by atoms with Crippen molar-refractivity contribution in [3.05, 3.63) is 66.2 Å². The third-order valence-corrected chi connectivity index (χ3v) is 7.55. The van der Waals surface area contributed by atoms with Gasteiger partial charge in [0.1, 0.15) is 17.1 Å². The summed E-state index contributed by atoms with van der Waals surface area (Å²) in [6.07, 6.45) is 3.29. The Balaban J connectivity index is 1.43. The van der Waals surface area contributed by atoms with Crippen LogP contribution in [0.4, 0.5) is 5.82 Å². The number of aromatic nitrogens is 3. The van der Waals surface area contributed by atoms with E-state index in [0.29, 0.717) is 17.2 Å². The van der Waals surface area contributed by atoms with Crippen LogP contribution >= 0.6 is 0 Å². The molecule has 3 N–H and O–H groups in total. The number of nitrogens with one attached hydrogen (secondary N) is 1. The molecule has 0 bridgehead atoms. The predicted molar refractivity (Wildman–Crippen MR) is 139 cm³/mol. The van der Waals surface area contributed by atoms with E-state index in [1.165, 1.54) is 0 Å². The van der Waals surface area contributed by atoms with Crippen molar-refractivity contribution in [3.63, 3.8) is 0 Å². The summed E-state index contributed by atoms with van der Waals surface area (Å²) in [5, 5.41) is 9.48. The second-order valence-electron chi connectivity index (χ2n) is 9.77. The second kappa shape index (κ2) is 8.82. The molecule has 1 saturated heterocycles. The number of fused-ring (bicyclic) bond motifs is 2. The summed E-state index contributed by atoms with van der Waals surface area (Å²) in [4.78, 5) is 20.0. The largest absolute Gasteiger partial charge is 0.370 e. The number of benzene rings is 2. The topological polar surface area (TPSA) is 89.1 Å². The number of hydrogen-bond donors (Lipinski definition) is 2. The lowest BCUT2D eigenvalue weighted by atomic mass is 9.87. The van der Waals surface area contributed by atoms with E-state index in [2.05, 4.69) is 35.5 Å². The van der Waals surface area contributed by atoms with Gasteiger partial charge in [0.05, 0.1) is 17.3 Å². The Morgan fingerprint density at radius 3 is 2.54 bits per heavy atom. The normalized spacial score (nSPS) is 18.8. The highest BCUT2D eigenvalue weighted by Crippen LogP contribution is 2.40. The molecular weight excluding hydrogens is 436 g/mol. The maximum absolute atomic E-state index is 12.7. The summed E-state index contributed by atoms with van der Waals surface area (Å²) >= 11 is 0. The lowest BCUT2D eigenvalue weighted by molar-refractivity contribution is 0.100. The Kier molecular flexibility index (Phi) is 5.49. The van der Waals surface area contributed by atoms with E-state index in [9.17, 15) is 4.79 Å². The maximum atomic E-state index is 12.7. The molecule has 4 aromatic rings. The van der Waals surface area contributed by atoms with Crippen LogP contribution in [-0.2, 0) is 0 Å². The van der Waals surface area contributed by atoms with Crippen LogP contribution in [0.2, 0.25) is 0 Å². The minimum absolute atomic E-state index is 0.273. The van der Waals surface area contributed by atoms with Gasteiger partial charge in [-0.25, -0.2) is 9.67 Å². The maximum Gasteiger partial charge on any atom is 0.254 e. The molecule has 7 heteroatoms. The predicted octanol–water partition coefficient (Wildman–Crippen LogP) is 4.56. The van der Waals surface area contributed by atoms with Crippen molar-refractivity contribution in [2.24, 2.45) is 11.7 Å². The molecule has 2 aliphatic heterocycles. The first-order chi connectivity index (χ1) is 17.1. The number of primary amides is 1. The number of pyridine rings is 1. The number of carbonyl (C=O) groups excluding carboxylic acids is 1. The van der Waals surface area contributed by atoms with Gasteiger partial charge in [-0.1, -0.05) is 48.5 Å². The highest BCUT2D eigenvalue weighted by atomic mass is 16.1. The molecule has 7 nitrogen and oxygen atoms in total. The van der Waals surface area contributed by atoms with Gasteiger partial charge in [-0.3, -0.25) is 4.79 Å². The Morgan fingerprint density at radius 1 is 1.00 bits per heavy atom. The van der Waals surface area contributed by atoms with Gasteiger partial charge in [-0.15, -0.1) is 0 Å². The Bertz CT molecular complexity index is 1390. The van der Waals surface area contributed by atoms with Gasteiger partial charge in [0, 0.05) is 23.1 Å². The van der Waals surface area contributed by atoms with Crippen LogP contribution in [-0.4, -0.2) is 52.3 Å². The number of likely N-dealkylation sites (tertiary alicyclic amines) is 1. The third kappa shape index (κ3) is 3.96. The third-order valence-electron chi connectivity index (χ3n) is 7.55. The lowest BCUT2D eigenvalue weighted by Gasteiger charge is -2.37. The van der Waals surface area contributed by atoms with E-state index >= 15 is 0 Å². The van der Waals surface area contributed by atoms with E-state index in [1.54, 1.807) is 0 Å². The highest BCUT2D eigenvalue weighted by Gasteiger charge is 2.34. The number of amides is 1. The first-order valence-corrected chi connectivity index (χ1v) is 12.4. The smallest absolute Gasteiger partial charge is 0.254 e. The molecule has 0 spiro atoms. The molecule has 2 aromatic heterocycles. The van der Waals surface area contributed by atoms with Crippen LogP contribution in [0, 0.1) is 5.92 Å². The average Bonchev–Trinajstić information content (AvgIpc) is 3.29. The molecule has 0 aliphatic carbocycles. The van der Waals surface area contributed by atoms with Gasteiger partial charge in [0.2, 0.25) is 0 Å². The number of nitrogens with zero attached hydrogens (tertiary/aromatic N) is 4. The molecule has 1 unspecified atom stereocenters. The van der Waals surface area contributed by atoms with Crippen LogP contribution in [0.1, 0.15) is 35.7 Å². The number of rotatable bonds is 4. The number of piperidine rings is 1. The van der Waals surface area contributed by atoms with Crippen LogP contribution in [0.25, 0.3) is 33.4 Å². The van der Waals surface area contributed by atoms with Crippen molar-refractivity contribution in [1.29, 1.82) is 0 Å². The SMILES string of the molecule is CN1CCC(C2CCNc3c(C(N)=O)c(-c4ccc5ccc(-c6ccccc6)nc5c4)nn32)CC1. The summed E-state index contributed by atoms with van der Waals surface area (Å²) in [5.41, 5.74) is 10.7. The Morgan fingerprint density at radius 2 is 1.77 bits per heavy atom. The van der Waals surface area contributed by atoms with Crippen molar-refractivity contribution in [1.82, 2.24) is 19.7 Å². The lowest BCUT2D eigenvalue weighted by Crippen LogP contribution is -2.37. The van der Waals surface area contributed by atoms with Gasteiger partial charge >= 0.3 is 0 Å². The van der Waals surface area contributed by atoms with E-state index < -0.39 is 5.91 Å². The fourth-order valence-electron chi connectivity index (χ4n) is 5.62. The van der Waals surface area contributed by atoms with Crippen molar-refractivity contribution < 1.29 is 4.79 Å². The fraction of sp³-hybridized carbons (Fsp3) is 0.321. The van der Waals surface area contributed by atoms with E-state index in [1.807, 2.05) is 47.1 Å². The summed E-state index contributed by atoms with van der Waals surface area (Å²) in [6.45, 7) is 3.02. The molecule has 0 radical (unpaired) electrons. The first-order valence-electron chi connectivity index (χ1n) is 12.4. The number of carbonyl (C=O) groups is 1. The highest BCUT2D eigenvalue weighted by molar-refractivity contribution is 6.04. The van der Waals surface area contributed by atoms with Gasteiger partial charge in [0.15, 0.2) is 0 Å². The average molecular weight is 467 g/mol. The quantitative estimate of drug-likeness (QED) is 0.460. The first kappa shape index (κ1) is 21.8. The molecule has 1 fully saturated rings. The Hall–Kier alpha value is -3.71. The zero-order valence-electron chi connectivity index (χ0n) is 19.9. The standard InChI is InChI=1S/C28H30N6O/c1-33-15-12-20(13-16-33)24-11-14-30-28-25(27(29)35)26(32-34(24)28)21-8-7-19-9-10-22(31-23(19)17-21)18-5-3-2-4-6-18/h2-10,17,20,24,30H,11-16H2,1H3,(H2,29,35). The number of anilines is 1. The molecular formula is C28H30N6O. The van der Waals surface area contributed by atoms with Crippen LogP contribution < -0.4 is 11.1 Å². The van der Waals surface area contributed by atoms with Crippen LogP contribution in [0.3, 0.4) is 0 Å². The molecule has 2 aliphatic rings. The van der Waals surface area contributed by atoms with Crippen molar-refractivity contribution in [3.8, 4) is 22.5 Å². The molecule has 6 rings (SSSR count). The minimum atomic E-state index is -0.455. The van der Waals surface area contributed by atoms with E-state index in [4.69, 9.17) is 15.8 Å². The minimum Gasteiger partial charge on any atom is -0.370 e. The molecule has 178 valence electrons. The number of nitrogens with two attached hydrogens (primary N) is 1. The van der Waals surface area contributed by atoms with E-state index in [0.717, 1.165) is 72.4 Å². The number of hydrogen-bond acceptors (Lipinski definition) is 5. The van der Waals surface area contributed by atoms with Gasteiger partial charge in [-0.2, -0.15) is 5.10 Å². The molecule has 1 atom stereocenters. The zero-order valence-corrected chi connectivity index (χ0v) is 19.9. The van der Waals surface area contributed by atoms with Crippen molar-refractivity contribution >= 4 is 22.6 Å². The Labute approximate surface area is 205 Å². The molecule has 4 heterocycles. The zero-order chi connectivity index (χ0) is 23.9. The van der Waals surface area contributed by atoms with Crippen molar-refractivity contribution in [2.45, 2.75) is 25.3 Å². The molecule has 2 aromatic carbocycles. The summed E-state index contributed by atoms with van der Waals surface area (Å²) in [7, 11) is 2.18. The fourth-order valence-corrected chi connectivity index (χ4v) is 5.62. The monoisotopic (exact) mass is 466 g/mol. The molecule has 0 saturated carbocycles. The summed E-state index contributed by atoms with van der Waals surface area (Å²) in [5.74, 6) is 0.852. The van der Waals surface area contributed by atoms with E-state index in [-0.39, 0.29) is 6.04 Å². The van der Waals surface area contributed by atoms with Crippen LogP contribution in [0.5, 0.6) is 0 Å². The van der Waals surface area contributed by atoms with Crippen molar-refractivity contribution in [2.75, 3.05) is 32.0 Å². The van der Waals surface area contributed by atoms with Gasteiger partial charge < -0.3 is 16.0 Å². The molecule has 35 heavy (non-hydrogen) atoms. The van der Waals surface area contributed by atoms with Gasteiger partial charge in [-0.05, 0) is 57.5 Å². The molecule has 1 amide bonds. The van der Waals surface area contributed by atoms with Gasteiger partial charge in [0.25, 0.3) is 5.91 Å². The second-order valence-corrected chi connectivity index (χ2v) is 9.77.